The van der Waals surface area contributed by atoms with E-state index in [2.05, 4.69) is 20.4 Å². The standard InChI is InChI=1S/C21H34N4O4/c1-5-8-22-21(27)16(2)23-20(26)15-25-11-9-24(10-12-25)14-17-6-7-18(28-3)19(13-17)29-4/h6-7,13,16H,5,8-12,14-15H2,1-4H3,(H,22,27)(H,23,26)/t16-/m0/s1. The van der Waals surface area contributed by atoms with Gasteiger partial charge in [0.2, 0.25) is 11.8 Å². The first-order chi connectivity index (χ1) is 14.0. The lowest BCUT2D eigenvalue weighted by Crippen LogP contribution is -2.52. The molecule has 1 aromatic rings. The summed E-state index contributed by atoms with van der Waals surface area (Å²) >= 11 is 0. The lowest BCUT2D eigenvalue weighted by Gasteiger charge is -2.34. The van der Waals surface area contributed by atoms with Gasteiger partial charge in [0.15, 0.2) is 11.5 Å². The monoisotopic (exact) mass is 406 g/mol. The van der Waals surface area contributed by atoms with Crippen LogP contribution < -0.4 is 20.1 Å². The van der Waals surface area contributed by atoms with Crippen LogP contribution in [0.2, 0.25) is 0 Å². The fourth-order valence-electron chi connectivity index (χ4n) is 3.30. The molecule has 0 spiro atoms. The van der Waals surface area contributed by atoms with Gasteiger partial charge in [-0.25, -0.2) is 0 Å². The van der Waals surface area contributed by atoms with Crippen molar-refractivity contribution in [1.29, 1.82) is 0 Å². The van der Waals surface area contributed by atoms with Crippen LogP contribution in [-0.2, 0) is 16.1 Å². The third-order valence-corrected chi connectivity index (χ3v) is 5.01. The van der Waals surface area contributed by atoms with Crippen LogP contribution in [-0.4, -0.2) is 81.1 Å². The molecule has 8 heteroatoms. The Morgan fingerprint density at radius 1 is 1.07 bits per heavy atom. The van der Waals surface area contributed by atoms with Crippen LogP contribution in [0.25, 0.3) is 0 Å². The summed E-state index contributed by atoms with van der Waals surface area (Å²) in [4.78, 5) is 28.6. The zero-order chi connectivity index (χ0) is 21.2. The summed E-state index contributed by atoms with van der Waals surface area (Å²) in [5, 5.41) is 5.57. The molecule has 0 radical (unpaired) electrons. The average Bonchev–Trinajstić information content (AvgIpc) is 2.73. The lowest BCUT2D eigenvalue weighted by atomic mass is 10.1. The zero-order valence-electron chi connectivity index (χ0n) is 18.0. The highest BCUT2D eigenvalue weighted by Crippen LogP contribution is 2.28. The predicted molar refractivity (Wildman–Crippen MR) is 112 cm³/mol. The van der Waals surface area contributed by atoms with Crippen LogP contribution in [0.5, 0.6) is 11.5 Å². The number of carbonyl (C=O) groups excluding carboxylic acids is 2. The summed E-state index contributed by atoms with van der Waals surface area (Å²) in [6.45, 7) is 8.88. The molecule has 29 heavy (non-hydrogen) atoms. The number of ether oxygens (including phenoxy) is 2. The van der Waals surface area contributed by atoms with Gasteiger partial charge in [0.1, 0.15) is 6.04 Å². The molecule has 1 aliphatic heterocycles. The van der Waals surface area contributed by atoms with E-state index in [9.17, 15) is 9.59 Å². The molecule has 1 heterocycles. The number of methoxy groups -OCH3 is 2. The maximum Gasteiger partial charge on any atom is 0.242 e. The number of piperazine rings is 1. The van der Waals surface area contributed by atoms with Gasteiger partial charge in [-0.15, -0.1) is 0 Å². The summed E-state index contributed by atoms with van der Waals surface area (Å²) in [5.41, 5.74) is 1.17. The molecule has 162 valence electrons. The molecule has 0 aromatic heterocycles. The van der Waals surface area contributed by atoms with Crippen molar-refractivity contribution >= 4 is 11.8 Å². The fraction of sp³-hybridized carbons (Fsp3) is 0.619. The Morgan fingerprint density at radius 3 is 2.34 bits per heavy atom. The highest BCUT2D eigenvalue weighted by atomic mass is 16.5. The number of carbonyl (C=O) groups is 2. The minimum Gasteiger partial charge on any atom is -0.493 e. The molecule has 1 saturated heterocycles. The Hall–Kier alpha value is -2.32. The quantitative estimate of drug-likeness (QED) is 0.600. The van der Waals surface area contributed by atoms with Gasteiger partial charge in [0.25, 0.3) is 0 Å². The van der Waals surface area contributed by atoms with E-state index in [1.165, 1.54) is 5.56 Å². The molecule has 1 aliphatic rings. The smallest absolute Gasteiger partial charge is 0.242 e. The van der Waals surface area contributed by atoms with Crippen molar-refractivity contribution in [3.63, 3.8) is 0 Å². The van der Waals surface area contributed by atoms with Crippen LogP contribution in [0.4, 0.5) is 0 Å². The van der Waals surface area contributed by atoms with Crippen molar-refractivity contribution in [2.24, 2.45) is 0 Å². The summed E-state index contributed by atoms with van der Waals surface area (Å²) in [5.74, 6) is 1.21. The van der Waals surface area contributed by atoms with Gasteiger partial charge < -0.3 is 20.1 Å². The van der Waals surface area contributed by atoms with E-state index in [0.29, 0.717) is 13.1 Å². The highest BCUT2D eigenvalue weighted by Gasteiger charge is 2.21. The largest absolute Gasteiger partial charge is 0.493 e. The Labute approximate surface area is 173 Å². The molecule has 0 bridgehead atoms. The first-order valence-corrected chi connectivity index (χ1v) is 10.2. The maximum atomic E-state index is 12.2. The van der Waals surface area contributed by atoms with Crippen molar-refractivity contribution < 1.29 is 19.1 Å². The van der Waals surface area contributed by atoms with Crippen LogP contribution in [0.1, 0.15) is 25.8 Å². The van der Waals surface area contributed by atoms with E-state index < -0.39 is 6.04 Å². The van der Waals surface area contributed by atoms with E-state index in [1.54, 1.807) is 21.1 Å². The van der Waals surface area contributed by atoms with E-state index >= 15 is 0 Å². The van der Waals surface area contributed by atoms with E-state index in [-0.39, 0.29) is 11.8 Å². The third kappa shape index (κ3) is 7.21. The molecule has 1 fully saturated rings. The third-order valence-electron chi connectivity index (χ3n) is 5.01. The second kappa shape index (κ2) is 11.6. The molecular formula is C21H34N4O4. The first kappa shape index (κ1) is 23.0. The second-order valence-corrected chi connectivity index (χ2v) is 7.32. The first-order valence-electron chi connectivity index (χ1n) is 10.2. The van der Waals surface area contributed by atoms with Crippen molar-refractivity contribution in [3.8, 4) is 11.5 Å². The minimum absolute atomic E-state index is 0.113. The van der Waals surface area contributed by atoms with Crippen molar-refractivity contribution in [2.45, 2.75) is 32.9 Å². The Kier molecular flexibility index (Phi) is 9.21. The number of nitrogens with one attached hydrogen (secondary N) is 2. The van der Waals surface area contributed by atoms with Crippen LogP contribution in [0.3, 0.4) is 0 Å². The summed E-state index contributed by atoms with van der Waals surface area (Å²) in [6, 6.07) is 5.46. The number of amides is 2. The number of benzene rings is 1. The lowest BCUT2D eigenvalue weighted by molar-refractivity contribution is -0.129. The number of rotatable bonds is 10. The van der Waals surface area contributed by atoms with E-state index in [4.69, 9.17) is 9.47 Å². The molecule has 2 N–H and O–H groups in total. The number of hydrogen-bond acceptors (Lipinski definition) is 6. The predicted octanol–water partition coefficient (Wildman–Crippen LogP) is 0.852. The molecule has 2 rings (SSSR count). The van der Waals surface area contributed by atoms with Crippen LogP contribution in [0, 0.1) is 0 Å². The molecule has 0 unspecified atom stereocenters. The van der Waals surface area contributed by atoms with Crippen LogP contribution in [0.15, 0.2) is 18.2 Å². The maximum absolute atomic E-state index is 12.2. The van der Waals surface area contributed by atoms with Gasteiger partial charge in [-0.2, -0.15) is 0 Å². The van der Waals surface area contributed by atoms with Crippen molar-refractivity contribution in [1.82, 2.24) is 20.4 Å². The average molecular weight is 407 g/mol. The molecular weight excluding hydrogens is 372 g/mol. The van der Waals surface area contributed by atoms with Gasteiger partial charge in [-0.1, -0.05) is 13.0 Å². The molecule has 8 nitrogen and oxygen atoms in total. The van der Waals surface area contributed by atoms with Gasteiger partial charge in [-0.3, -0.25) is 19.4 Å². The second-order valence-electron chi connectivity index (χ2n) is 7.32. The van der Waals surface area contributed by atoms with Gasteiger partial charge in [0, 0.05) is 39.3 Å². The zero-order valence-corrected chi connectivity index (χ0v) is 18.0. The van der Waals surface area contributed by atoms with Crippen molar-refractivity contribution in [3.05, 3.63) is 23.8 Å². The SMILES string of the molecule is CCCNC(=O)[C@H](C)NC(=O)CN1CCN(Cc2ccc(OC)c(OC)c2)CC1. The van der Waals surface area contributed by atoms with Crippen LogP contribution >= 0.6 is 0 Å². The highest BCUT2D eigenvalue weighted by molar-refractivity contribution is 5.87. The molecule has 2 amide bonds. The van der Waals surface area contributed by atoms with E-state index in [1.807, 2.05) is 25.1 Å². The van der Waals surface area contributed by atoms with E-state index in [0.717, 1.165) is 50.6 Å². The Morgan fingerprint density at radius 2 is 1.72 bits per heavy atom. The van der Waals surface area contributed by atoms with Gasteiger partial charge in [0.05, 0.1) is 20.8 Å². The van der Waals surface area contributed by atoms with Gasteiger partial charge >= 0.3 is 0 Å². The molecule has 0 saturated carbocycles. The number of hydrogen-bond donors (Lipinski definition) is 2. The summed E-state index contributed by atoms with van der Waals surface area (Å²) < 4.78 is 10.7. The normalized spacial score (nSPS) is 16.1. The number of nitrogens with zero attached hydrogens (tertiary/aromatic N) is 2. The molecule has 0 aliphatic carbocycles. The summed E-state index contributed by atoms with van der Waals surface area (Å²) in [7, 11) is 3.27. The Bertz CT molecular complexity index is 675. The topological polar surface area (TPSA) is 83.1 Å². The summed E-state index contributed by atoms with van der Waals surface area (Å²) in [6.07, 6.45) is 0.875. The van der Waals surface area contributed by atoms with Gasteiger partial charge in [-0.05, 0) is 31.0 Å². The minimum atomic E-state index is -0.514. The molecule has 1 atom stereocenters. The Balaban J connectivity index is 1.75. The molecule has 1 aromatic carbocycles. The van der Waals surface area contributed by atoms with Crippen molar-refractivity contribution in [2.75, 3.05) is 53.5 Å². The fourth-order valence-corrected chi connectivity index (χ4v) is 3.30.